The third-order valence-corrected chi connectivity index (χ3v) is 6.60. The van der Waals surface area contributed by atoms with Crippen LogP contribution in [0.4, 0.5) is 0 Å². The van der Waals surface area contributed by atoms with Crippen LogP contribution < -0.4 is 10.1 Å². The van der Waals surface area contributed by atoms with Crippen molar-refractivity contribution < 1.29 is 14.3 Å². The normalized spacial score (nSPS) is 24.7. The zero-order valence-corrected chi connectivity index (χ0v) is 17.5. The lowest BCUT2D eigenvalue weighted by molar-refractivity contribution is -0.118. The molecular weight excluding hydrogens is 376 g/mol. The van der Waals surface area contributed by atoms with Crippen molar-refractivity contribution in [2.75, 3.05) is 20.2 Å². The lowest BCUT2D eigenvalue weighted by Gasteiger charge is -2.29. The van der Waals surface area contributed by atoms with Gasteiger partial charge in [-0.05, 0) is 56.7 Å². The summed E-state index contributed by atoms with van der Waals surface area (Å²) in [6.07, 6.45) is 4.25. The molecule has 0 aliphatic heterocycles. The van der Waals surface area contributed by atoms with E-state index >= 15 is 0 Å². The number of rotatable bonds is 9. The van der Waals surface area contributed by atoms with E-state index in [2.05, 4.69) is 17.3 Å². The summed E-state index contributed by atoms with van der Waals surface area (Å²) in [5.41, 5.74) is 0.449. The minimum atomic E-state index is -0.476. The van der Waals surface area contributed by atoms with Crippen LogP contribution in [0.1, 0.15) is 36.0 Å². The molecule has 0 radical (unpaired) electrons. The highest BCUT2D eigenvalue weighted by Crippen LogP contribution is 2.47. The predicted molar refractivity (Wildman–Crippen MR) is 117 cm³/mol. The average Bonchev–Trinajstić information content (AvgIpc) is 3.35. The fourth-order valence-electron chi connectivity index (χ4n) is 5.27. The molecule has 0 spiro atoms. The van der Waals surface area contributed by atoms with Crippen molar-refractivity contribution >= 4 is 11.7 Å². The van der Waals surface area contributed by atoms with Gasteiger partial charge in [-0.1, -0.05) is 48.5 Å². The van der Waals surface area contributed by atoms with Gasteiger partial charge in [0.1, 0.15) is 5.75 Å². The van der Waals surface area contributed by atoms with E-state index in [4.69, 9.17) is 4.74 Å². The van der Waals surface area contributed by atoms with Crippen molar-refractivity contribution in [2.45, 2.75) is 37.8 Å². The van der Waals surface area contributed by atoms with Crippen LogP contribution in [0.2, 0.25) is 0 Å². The summed E-state index contributed by atoms with van der Waals surface area (Å²) < 4.78 is 5.81. The van der Waals surface area contributed by atoms with Crippen LogP contribution >= 0.6 is 0 Å². The number of Topliss-reactive ketones (excluding diaryl/α,β-unsaturated/α-hetero) is 1. The number of hydrogen-bond donors (Lipinski definition) is 1. The van der Waals surface area contributed by atoms with Gasteiger partial charge in [-0.2, -0.15) is 0 Å². The summed E-state index contributed by atoms with van der Waals surface area (Å²) in [5.74, 6) is 0.999. The molecule has 158 valence electrons. The Bertz CT molecular complexity index is 855. The van der Waals surface area contributed by atoms with Crippen molar-refractivity contribution in [3.8, 4) is 5.75 Å². The van der Waals surface area contributed by atoms with Gasteiger partial charge in [0.25, 0.3) is 5.91 Å². The SMILES string of the molecule is CN(CCCOc1ccccc1)C1C2CCC1C(NC(=O)C(=O)c1ccccc1)C2. The number of carbonyl (C=O) groups excluding carboxylic acids is 2. The van der Waals surface area contributed by atoms with Crippen molar-refractivity contribution in [3.63, 3.8) is 0 Å². The first-order valence-electron chi connectivity index (χ1n) is 10.9. The van der Waals surface area contributed by atoms with Crippen LogP contribution in [0.3, 0.4) is 0 Å². The molecule has 0 heterocycles. The minimum absolute atomic E-state index is 0.0944. The highest BCUT2D eigenvalue weighted by atomic mass is 16.5. The molecule has 30 heavy (non-hydrogen) atoms. The van der Waals surface area contributed by atoms with Crippen molar-refractivity contribution in [1.29, 1.82) is 0 Å². The number of para-hydroxylation sites is 1. The van der Waals surface area contributed by atoms with Gasteiger partial charge in [0.05, 0.1) is 6.61 Å². The molecule has 2 saturated carbocycles. The van der Waals surface area contributed by atoms with Gasteiger partial charge in [-0.3, -0.25) is 9.59 Å². The summed E-state index contributed by atoms with van der Waals surface area (Å²) in [6.45, 7) is 1.66. The van der Waals surface area contributed by atoms with Crippen LogP contribution in [-0.2, 0) is 4.79 Å². The summed E-state index contributed by atoms with van der Waals surface area (Å²) in [5, 5.41) is 3.04. The Morgan fingerprint density at radius 2 is 1.73 bits per heavy atom. The number of nitrogens with one attached hydrogen (secondary N) is 1. The van der Waals surface area contributed by atoms with E-state index in [-0.39, 0.29) is 6.04 Å². The number of fused-ring (bicyclic) bond motifs is 2. The maximum atomic E-state index is 12.5. The maximum absolute atomic E-state index is 12.5. The molecule has 1 N–H and O–H groups in total. The molecule has 2 aliphatic rings. The Kier molecular flexibility index (Phi) is 6.48. The maximum Gasteiger partial charge on any atom is 0.292 e. The van der Waals surface area contributed by atoms with Gasteiger partial charge >= 0.3 is 0 Å². The van der Waals surface area contributed by atoms with Crippen LogP contribution in [0.25, 0.3) is 0 Å². The highest BCUT2D eigenvalue weighted by Gasteiger charge is 2.50. The van der Waals surface area contributed by atoms with Gasteiger partial charge in [-0.25, -0.2) is 0 Å². The second-order valence-corrected chi connectivity index (χ2v) is 8.50. The van der Waals surface area contributed by atoms with E-state index in [1.807, 2.05) is 36.4 Å². The monoisotopic (exact) mass is 406 g/mol. The van der Waals surface area contributed by atoms with E-state index in [0.717, 1.165) is 31.6 Å². The topological polar surface area (TPSA) is 58.6 Å². The van der Waals surface area contributed by atoms with Crippen LogP contribution in [0, 0.1) is 11.8 Å². The zero-order chi connectivity index (χ0) is 20.9. The minimum Gasteiger partial charge on any atom is -0.494 e. The number of nitrogens with zero attached hydrogens (tertiary/aromatic N) is 1. The van der Waals surface area contributed by atoms with Gasteiger partial charge in [-0.15, -0.1) is 0 Å². The van der Waals surface area contributed by atoms with Gasteiger partial charge in [0.2, 0.25) is 5.78 Å². The quantitative estimate of drug-likeness (QED) is 0.393. The Hall–Kier alpha value is -2.66. The van der Waals surface area contributed by atoms with Crippen LogP contribution in [0.5, 0.6) is 5.75 Å². The van der Waals surface area contributed by atoms with E-state index in [9.17, 15) is 9.59 Å². The zero-order valence-electron chi connectivity index (χ0n) is 17.5. The molecule has 4 rings (SSSR count). The number of hydrogen-bond acceptors (Lipinski definition) is 4. The second-order valence-electron chi connectivity index (χ2n) is 8.50. The fourth-order valence-corrected chi connectivity index (χ4v) is 5.27. The van der Waals surface area contributed by atoms with Crippen molar-refractivity contribution in [1.82, 2.24) is 10.2 Å². The highest BCUT2D eigenvalue weighted by molar-refractivity contribution is 6.42. The van der Waals surface area contributed by atoms with Crippen LogP contribution in [0.15, 0.2) is 60.7 Å². The van der Waals surface area contributed by atoms with E-state index in [1.165, 1.54) is 6.42 Å². The first-order chi connectivity index (χ1) is 14.6. The van der Waals surface area contributed by atoms with Crippen molar-refractivity contribution in [2.24, 2.45) is 11.8 Å². The Labute approximate surface area is 178 Å². The third kappa shape index (κ3) is 4.57. The molecule has 0 aromatic heterocycles. The lowest BCUT2D eigenvalue weighted by atomic mass is 9.95. The Morgan fingerprint density at radius 1 is 1.03 bits per heavy atom. The summed E-state index contributed by atoms with van der Waals surface area (Å²) in [7, 11) is 2.18. The Balaban J connectivity index is 1.26. The molecule has 2 aromatic carbocycles. The summed E-state index contributed by atoms with van der Waals surface area (Å²) >= 11 is 0. The van der Waals surface area contributed by atoms with E-state index in [1.54, 1.807) is 24.3 Å². The third-order valence-electron chi connectivity index (χ3n) is 6.60. The number of ketones is 1. The van der Waals surface area contributed by atoms with E-state index < -0.39 is 11.7 Å². The lowest BCUT2D eigenvalue weighted by Crippen LogP contribution is -2.45. The van der Waals surface area contributed by atoms with Gasteiger partial charge in [0.15, 0.2) is 0 Å². The predicted octanol–water partition coefficient (Wildman–Crippen LogP) is 3.55. The summed E-state index contributed by atoms with van der Waals surface area (Å²) in [4.78, 5) is 27.3. The molecule has 2 aliphatic carbocycles. The smallest absolute Gasteiger partial charge is 0.292 e. The molecule has 1 amide bonds. The number of ether oxygens (including phenoxy) is 1. The molecule has 2 fully saturated rings. The first kappa shape index (κ1) is 20.6. The fraction of sp³-hybridized carbons (Fsp3) is 0.440. The van der Waals surface area contributed by atoms with Gasteiger partial charge in [0, 0.05) is 24.2 Å². The molecule has 0 saturated heterocycles. The van der Waals surface area contributed by atoms with Gasteiger partial charge < -0.3 is 15.0 Å². The largest absolute Gasteiger partial charge is 0.494 e. The van der Waals surface area contributed by atoms with E-state index in [0.29, 0.717) is 30.0 Å². The second kappa shape index (κ2) is 9.43. The van der Waals surface area contributed by atoms with Crippen molar-refractivity contribution in [3.05, 3.63) is 66.2 Å². The number of benzene rings is 2. The molecule has 2 aromatic rings. The number of carbonyl (C=O) groups is 2. The molecule has 4 atom stereocenters. The standard InChI is InChI=1S/C25H30N2O3/c1-27(15-8-16-30-20-11-6-3-7-12-20)23-19-13-14-21(23)22(17-19)26-25(29)24(28)18-9-4-2-5-10-18/h2-7,9-12,19,21-23H,8,13-17H2,1H3,(H,26,29). The molecular formula is C25H30N2O3. The van der Waals surface area contributed by atoms with Crippen LogP contribution in [-0.4, -0.2) is 48.9 Å². The molecule has 2 bridgehead atoms. The summed E-state index contributed by atoms with van der Waals surface area (Å²) in [6, 6.07) is 19.3. The molecule has 4 unspecified atom stereocenters. The first-order valence-corrected chi connectivity index (χ1v) is 10.9. The number of amides is 1. The molecule has 5 heteroatoms. The average molecular weight is 407 g/mol. The Morgan fingerprint density at radius 3 is 2.47 bits per heavy atom. The molecule has 5 nitrogen and oxygen atoms in total.